The quantitative estimate of drug-likeness (QED) is 0.439. The van der Waals surface area contributed by atoms with Crippen molar-refractivity contribution in [3.05, 3.63) is 0 Å². The topological polar surface area (TPSA) is 35.8 Å². The highest BCUT2D eigenvalue weighted by Crippen LogP contribution is 2.29. The summed E-state index contributed by atoms with van der Waals surface area (Å²) in [6.45, 7) is 3.47. The summed E-state index contributed by atoms with van der Waals surface area (Å²) >= 11 is 0. The first-order valence-electron chi connectivity index (χ1n) is 4.77. The molecule has 0 unspecified atom stereocenters. The number of nitrogens with zero attached hydrogens (tertiary/aromatic N) is 2. The van der Waals surface area contributed by atoms with Crippen LogP contribution in [0.1, 0.15) is 32.6 Å². The Morgan fingerprint density at radius 1 is 1.50 bits per heavy atom. The Morgan fingerprint density at radius 2 is 2.33 bits per heavy atom. The van der Waals surface area contributed by atoms with Gasteiger partial charge in [-0.15, -0.1) is 0 Å². The first kappa shape index (κ1) is 8.05. The summed E-state index contributed by atoms with van der Waals surface area (Å²) in [5.41, 5.74) is 0.991. The van der Waals surface area contributed by atoms with Crippen LogP contribution >= 0.6 is 0 Å². The predicted octanol–water partition coefficient (Wildman–Crippen LogP) is 1.46. The fourth-order valence-electron chi connectivity index (χ4n) is 2.55. The molecule has 1 N–H and O–H groups in total. The standard InChI is InChI=1S/C9H16N2O/c1-7-5-8(10-12)6-9-3-2-4-11(7)9/h7,9,12H,2-6H2,1H3/t7-,9+/m0/s1. The van der Waals surface area contributed by atoms with Crippen LogP contribution in [0.4, 0.5) is 0 Å². The first-order chi connectivity index (χ1) is 5.81. The van der Waals surface area contributed by atoms with Crippen molar-refractivity contribution >= 4 is 5.71 Å². The minimum atomic E-state index is 0.581. The summed E-state index contributed by atoms with van der Waals surface area (Å²) in [5, 5.41) is 12.0. The van der Waals surface area contributed by atoms with E-state index in [1.807, 2.05) is 0 Å². The van der Waals surface area contributed by atoms with E-state index in [1.54, 1.807) is 0 Å². The molecule has 2 rings (SSSR count). The third-order valence-electron chi connectivity index (χ3n) is 3.13. The maximum Gasteiger partial charge on any atom is 0.0601 e. The van der Waals surface area contributed by atoms with Gasteiger partial charge in [0.1, 0.15) is 0 Å². The van der Waals surface area contributed by atoms with Crippen molar-refractivity contribution in [3.63, 3.8) is 0 Å². The number of fused-ring (bicyclic) bond motifs is 1. The molecule has 0 amide bonds. The Balaban J connectivity index is 2.10. The van der Waals surface area contributed by atoms with Crippen LogP contribution < -0.4 is 0 Å². The van der Waals surface area contributed by atoms with Gasteiger partial charge in [-0.2, -0.15) is 0 Å². The lowest BCUT2D eigenvalue weighted by molar-refractivity contribution is 0.178. The zero-order valence-corrected chi connectivity index (χ0v) is 7.53. The van der Waals surface area contributed by atoms with Crippen molar-refractivity contribution in [2.75, 3.05) is 6.54 Å². The van der Waals surface area contributed by atoms with Crippen molar-refractivity contribution < 1.29 is 5.21 Å². The Hall–Kier alpha value is -0.570. The lowest BCUT2D eigenvalue weighted by Gasteiger charge is -2.35. The van der Waals surface area contributed by atoms with Gasteiger partial charge in [0.25, 0.3) is 0 Å². The molecule has 3 nitrogen and oxygen atoms in total. The van der Waals surface area contributed by atoms with Crippen LogP contribution in [0.15, 0.2) is 5.16 Å². The molecule has 0 radical (unpaired) electrons. The molecule has 0 bridgehead atoms. The van der Waals surface area contributed by atoms with E-state index in [0.717, 1.165) is 18.6 Å². The molecule has 0 aromatic heterocycles. The van der Waals surface area contributed by atoms with Gasteiger partial charge in [0.2, 0.25) is 0 Å². The van der Waals surface area contributed by atoms with E-state index in [4.69, 9.17) is 5.21 Å². The van der Waals surface area contributed by atoms with Crippen LogP contribution in [-0.2, 0) is 0 Å². The Morgan fingerprint density at radius 3 is 3.08 bits per heavy atom. The fraction of sp³-hybridized carbons (Fsp3) is 0.889. The molecule has 2 heterocycles. The van der Waals surface area contributed by atoms with E-state index in [0.29, 0.717) is 12.1 Å². The van der Waals surface area contributed by atoms with E-state index in [-0.39, 0.29) is 0 Å². The van der Waals surface area contributed by atoms with Crippen LogP contribution in [0.5, 0.6) is 0 Å². The van der Waals surface area contributed by atoms with Crippen molar-refractivity contribution in [1.29, 1.82) is 0 Å². The van der Waals surface area contributed by atoms with Crippen LogP contribution in [0.2, 0.25) is 0 Å². The summed E-state index contributed by atoms with van der Waals surface area (Å²) in [6.07, 6.45) is 4.53. The van der Waals surface area contributed by atoms with Crippen molar-refractivity contribution in [2.45, 2.75) is 44.7 Å². The average Bonchev–Trinajstić information content (AvgIpc) is 2.52. The first-order valence-corrected chi connectivity index (χ1v) is 4.77. The molecule has 0 aromatic carbocycles. The molecule has 12 heavy (non-hydrogen) atoms. The lowest BCUT2D eigenvalue weighted by Crippen LogP contribution is -2.44. The molecule has 0 aromatic rings. The molecule has 2 saturated heterocycles. The minimum absolute atomic E-state index is 0.581. The molecule has 0 saturated carbocycles. The average molecular weight is 168 g/mol. The van der Waals surface area contributed by atoms with Crippen LogP contribution in [0, 0.1) is 0 Å². The Bertz CT molecular complexity index is 203. The number of piperidine rings is 1. The van der Waals surface area contributed by atoms with Gasteiger partial charge in [-0.3, -0.25) is 4.90 Å². The van der Waals surface area contributed by atoms with Gasteiger partial charge in [0, 0.05) is 24.9 Å². The van der Waals surface area contributed by atoms with E-state index >= 15 is 0 Å². The molecule has 3 heteroatoms. The number of oxime groups is 1. The Kier molecular flexibility index (Phi) is 2.05. The summed E-state index contributed by atoms with van der Waals surface area (Å²) in [6, 6.07) is 1.25. The summed E-state index contributed by atoms with van der Waals surface area (Å²) in [4.78, 5) is 2.55. The second kappa shape index (κ2) is 3.05. The maximum absolute atomic E-state index is 8.70. The number of hydrogen-bond donors (Lipinski definition) is 1. The van der Waals surface area contributed by atoms with Gasteiger partial charge in [-0.05, 0) is 26.3 Å². The molecule has 2 atom stereocenters. The normalized spacial score (nSPS) is 40.2. The Labute approximate surface area is 73.1 Å². The highest BCUT2D eigenvalue weighted by Gasteiger charge is 2.34. The lowest BCUT2D eigenvalue weighted by atomic mass is 9.96. The number of hydrogen-bond acceptors (Lipinski definition) is 3. The predicted molar refractivity (Wildman–Crippen MR) is 47.6 cm³/mol. The van der Waals surface area contributed by atoms with E-state index in [2.05, 4.69) is 17.0 Å². The zero-order chi connectivity index (χ0) is 8.55. The molecule has 0 aliphatic carbocycles. The second-order valence-electron chi connectivity index (χ2n) is 3.96. The van der Waals surface area contributed by atoms with E-state index in [9.17, 15) is 0 Å². The minimum Gasteiger partial charge on any atom is -0.411 e. The highest BCUT2D eigenvalue weighted by atomic mass is 16.4. The summed E-state index contributed by atoms with van der Waals surface area (Å²) in [7, 11) is 0. The third-order valence-corrected chi connectivity index (χ3v) is 3.13. The second-order valence-corrected chi connectivity index (χ2v) is 3.96. The van der Waals surface area contributed by atoms with Gasteiger partial charge < -0.3 is 5.21 Å². The largest absolute Gasteiger partial charge is 0.411 e. The van der Waals surface area contributed by atoms with Gasteiger partial charge in [0.05, 0.1) is 5.71 Å². The van der Waals surface area contributed by atoms with Crippen molar-refractivity contribution in [1.82, 2.24) is 4.90 Å². The van der Waals surface area contributed by atoms with Crippen LogP contribution in [0.3, 0.4) is 0 Å². The molecule has 2 fully saturated rings. The van der Waals surface area contributed by atoms with Crippen molar-refractivity contribution in [3.8, 4) is 0 Å². The highest BCUT2D eigenvalue weighted by molar-refractivity contribution is 5.85. The van der Waals surface area contributed by atoms with Gasteiger partial charge in [-0.1, -0.05) is 5.16 Å². The van der Waals surface area contributed by atoms with E-state index < -0.39 is 0 Å². The molecule has 68 valence electrons. The third kappa shape index (κ3) is 1.22. The van der Waals surface area contributed by atoms with Crippen LogP contribution in [0.25, 0.3) is 0 Å². The molecular formula is C9H16N2O. The van der Waals surface area contributed by atoms with E-state index in [1.165, 1.54) is 19.4 Å². The SMILES string of the molecule is C[C@H]1CC(=NO)C[C@H]2CCCN21. The maximum atomic E-state index is 8.70. The molecule has 2 aliphatic rings. The van der Waals surface area contributed by atoms with Crippen LogP contribution in [-0.4, -0.2) is 34.4 Å². The van der Waals surface area contributed by atoms with Gasteiger partial charge in [-0.25, -0.2) is 0 Å². The molecule has 2 aliphatic heterocycles. The van der Waals surface area contributed by atoms with Gasteiger partial charge in [0.15, 0.2) is 0 Å². The number of rotatable bonds is 0. The monoisotopic (exact) mass is 168 g/mol. The van der Waals surface area contributed by atoms with Gasteiger partial charge >= 0.3 is 0 Å². The smallest absolute Gasteiger partial charge is 0.0601 e. The molecular weight excluding hydrogens is 152 g/mol. The summed E-state index contributed by atoms with van der Waals surface area (Å²) < 4.78 is 0. The fourth-order valence-corrected chi connectivity index (χ4v) is 2.55. The van der Waals surface area contributed by atoms with Crippen molar-refractivity contribution in [2.24, 2.45) is 5.16 Å². The zero-order valence-electron chi connectivity index (χ0n) is 7.53. The molecule has 0 spiro atoms. The summed E-state index contributed by atoms with van der Waals surface area (Å²) in [5.74, 6) is 0.